The molecule has 1 N–H and O–H groups in total. The van der Waals surface area contributed by atoms with Gasteiger partial charge in [-0.25, -0.2) is 4.98 Å². The zero-order valence-electron chi connectivity index (χ0n) is 11.0. The topological polar surface area (TPSA) is 41.1 Å². The molecule has 0 radical (unpaired) electrons. The number of rotatable bonds is 3. The van der Waals surface area contributed by atoms with Crippen LogP contribution < -0.4 is 10.2 Å². The standard InChI is InChI=1S/C13H22N4/c1-4-11-5-7-17(8-6-11)12-10(2)9-15-13(14-3)16-12/h9,11H,4-8H2,1-3H3,(H,14,15,16). The zero-order valence-corrected chi connectivity index (χ0v) is 11.0. The summed E-state index contributed by atoms with van der Waals surface area (Å²) in [7, 11) is 1.86. The van der Waals surface area contributed by atoms with Crippen molar-refractivity contribution in [1.82, 2.24) is 9.97 Å². The quantitative estimate of drug-likeness (QED) is 0.872. The fourth-order valence-corrected chi connectivity index (χ4v) is 2.43. The van der Waals surface area contributed by atoms with E-state index in [0.29, 0.717) is 5.95 Å². The van der Waals surface area contributed by atoms with Crippen molar-refractivity contribution in [2.75, 3.05) is 30.4 Å². The summed E-state index contributed by atoms with van der Waals surface area (Å²) in [6.07, 6.45) is 5.78. The third-order valence-corrected chi connectivity index (χ3v) is 3.66. The van der Waals surface area contributed by atoms with Gasteiger partial charge in [-0.3, -0.25) is 0 Å². The number of aromatic nitrogens is 2. The van der Waals surface area contributed by atoms with Crippen molar-refractivity contribution in [3.63, 3.8) is 0 Å². The molecule has 0 aromatic carbocycles. The van der Waals surface area contributed by atoms with Crippen LogP contribution in [-0.2, 0) is 0 Å². The van der Waals surface area contributed by atoms with Crippen LogP contribution in [-0.4, -0.2) is 30.1 Å². The molecule has 1 fully saturated rings. The Balaban J connectivity index is 2.12. The van der Waals surface area contributed by atoms with E-state index < -0.39 is 0 Å². The van der Waals surface area contributed by atoms with E-state index in [1.54, 1.807) is 0 Å². The highest BCUT2D eigenvalue weighted by atomic mass is 15.2. The second-order valence-electron chi connectivity index (χ2n) is 4.79. The maximum atomic E-state index is 4.57. The molecule has 4 nitrogen and oxygen atoms in total. The first-order chi connectivity index (χ1) is 8.24. The molecule has 0 aliphatic carbocycles. The van der Waals surface area contributed by atoms with Crippen LogP contribution in [0.1, 0.15) is 31.7 Å². The molecule has 4 heteroatoms. The van der Waals surface area contributed by atoms with E-state index in [1.165, 1.54) is 24.8 Å². The highest BCUT2D eigenvalue weighted by Gasteiger charge is 2.20. The van der Waals surface area contributed by atoms with Gasteiger partial charge in [-0.2, -0.15) is 4.98 Å². The Morgan fingerprint density at radius 3 is 2.71 bits per heavy atom. The average Bonchev–Trinajstić information content (AvgIpc) is 2.39. The van der Waals surface area contributed by atoms with Gasteiger partial charge in [0.2, 0.25) is 5.95 Å². The lowest BCUT2D eigenvalue weighted by molar-refractivity contribution is 0.393. The van der Waals surface area contributed by atoms with Crippen LogP contribution in [0.2, 0.25) is 0 Å². The third kappa shape index (κ3) is 2.68. The van der Waals surface area contributed by atoms with Crippen LogP contribution >= 0.6 is 0 Å². The Kier molecular flexibility index (Phi) is 3.82. The second-order valence-corrected chi connectivity index (χ2v) is 4.79. The fraction of sp³-hybridized carbons (Fsp3) is 0.692. The molecule has 1 aromatic rings. The van der Waals surface area contributed by atoms with Crippen molar-refractivity contribution < 1.29 is 0 Å². The SMILES string of the molecule is CCC1CCN(c2nc(NC)ncc2C)CC1. The summed E-state index contributed by atoms with van der Waals surface area (Å²) in [5.41, 5.74) is 1.17. The molecule has 0 atom stereocenters. The lowest BCUT2D eigenvalue weighted by Crippen LogP contribution is -2.34. The molecule has 0 unspecified atom stereocenters. The second kappa shape index (κ2) is 5.34. The van der Waals surface area contributed by atoms with Gasteiger partial charge in [0.25, 0.3) is 0 Å². The summed E-state index contributed by atoms with van der Waals surface area (Å²) < 4.78 is 0. The van der Waals surface area contributed by atoms with Crippen molar-refractivity contribution in [1.29, 1.82) is 0 Å². The zero-order chi connectivity index (χ0) is 12.3. The van der Waals surface area contributed by atoms with E-state index in [2.05, 4.69) is 34.0 Å². The summed E-state index contributed by atoms with van der Waals surface area (Å²) in [4.78, 5) is 11.2. The molecular weight excluding hydrogens is 212 g/mol. The van der Waals surface area contributed by atoms with Gasteiger partial charge in [0.1, 0.15) is 5.82 Å². The Hall–Kier alpha value is -1.32. The molecule has 0 saturated carbocycles. The summed E-state index contributed by atoms with van der Waals surface area (Å²) >= 11 is 0. The van der Waals surface area contributed by atoms with Crippen molar-refractivity contribution >= 4 is 11.8 Å². The van der Waals surface area contributed by atoms with E-state index in [-0.39, 0.29) is 0 Å². The summed E-state index contributed by atoms with van der Waals surface area (Å²) in [6.45, 7) is 6.62. The minimum Gasteiger partial charge on any atom is -0.357 e. The van der Waals surface area contributed by atoms with Crippen molar-refractivity contribution in [2.45, 2.75) is 33.1 Å². The lowest BCUT2D eigenvalue weighted by atomic mass is 9.94. The van der Waals surface area contributed by atoms with Gasteiger partial charge in [0.15, 0.2) is 0 Å². The fourth-order valence-electron chi connectivity index (χ4n) is 2.43. The molecule has 2 rings (SSSR count). The van der Waals surface area contributed by atoms with Crippen LogP contribution in [0.25, 0.3) is 0 Å². The highest BCUT2D eigenvalue weighted by Crippen LogP contribution is 2.26. The van der Waals surface area contributed by atoms with Gasteiger partial charge < -0.3 is 10.2 Å². The van der Waals surface area contributed by atoms with Gasteiger partial charge in [0.05, 0.1) is 0 Å². The smallest absolute Gasteiger partial charge is 0.224 e. The molecule has 0 amide bonds. The first kappa shape index (κ1) is 12.1. The number of aryl methyl sites for hydroxylation is 1. The molecule has 0 bridgehead atoms. The van der Waals surface area contributed by atoms with E-state index >= 15 is 0 Å². The van der Waals surface area contributed by atoms with Crippen LogP contribution in [0.5, 0.6) is 0 Å². The number of nitrogens with zero attached hydrogens (tertiary/aromatic N) is 3. The normalized spacial score (nSPS) is 17.2. The summed E-state index contributed by atoms with van der Waals surface area (Å²) in [6, 6.07) is 0. The van der Waals surface area contributed by atoms with E-state index in [1.807, 2.05) is 13.2 Å². The van der Waals surface area contributed by atoms with E-state index in [0.717, 1.165) is 24.8 Å². The third-order valence-electron chi connectivity index (χ3n) is 3.66. The predicted molar refractivity (Wildman–Crippen MR) is 71.5 cm³/mol. The molecule has 1 aromatic heterocycles. The van der Waals surface area contributed by atoms with Crippen LogP contribution in [0.4, 0.5) is 11.8 Å². The first-order valence-corrected chi connectivity index (χ1v) is 6.51. The minimum atomic E-state index is 0.711. The van der Waals surface area contributed by atoms with Crippen LogP contribution in [0.3, 0.4) is 0 Å². The number of anilines is 2. The Morgan fingerprint density at radius 1 is 1.41 bits per heavy atom. The van der Waals surface area contributed by atoms with Crippen molar-refractivity contribution in [2.24, 2.45) is 5.92 Å². The molecule has 1 aliphatic heterocycles. The van der Waals surface area contributed by atoms with Gasteiger partial charge in [0, 0.05) is 31.9 Å². The highest BCUT2D eigenvalue weighted by molar-refractivity contribution is 5.49. The van der Waals surface area contributed by atoms with Gasteiger partial charge in [-0.15, -0.1) is 0 Å². The maximum Gasteiger partial charge on any atom is 0.224 e. The number of hydrogen-bond donors (Lipinski definition) is 1. The molecule has 2 heterocycles. The minimum absolute atomic E-state index is 0.711. The van der Waals surface area contributed by atoms with E-state index in [9.17, 15) is 0 Å². The summed E-state index contributed by atoms with van der Waals surface area (Å²) in [5.74, 6) is 2.71. The molecule has 17 heavy (non-hydrogen) atoms. The first-order valence-electron chi connectivity index (χ1n) is 6.51. The van der Waals surface area contributed by atoms with E-state index in [4.69, 9.17) is 0 Å². The summed E-state index contributed by atoms with van der Waals surface area (Å²) in [5, 5.41) is 3.00. The van der Waals surface area contributed by atoms with Gasteiger partial charge in [-0.1, -0.05) is 13.3 Å². The Morgan fingerprint density at radius 2 is 2.12 bits per heavy atom. The van der Waals surface area contributed by atoms with Crippen molar-refractivity contribution in [3.05, 3.63) is 11.8 Å². The predicted octanol–water partition coefficient (Wildman–Crippen LogP) is 2.45. The average molecular weight is 234 g/mol. The number of piperidine rings is 1. The van der Waals surface area contributed by atoms with Gasteiger partial charge in [-0.05, 0) is 25.7 Å². The van der Waals surface area contributed by atoms with Crippen LogP contribution in [0, 0.1) is 12.8 Å². The Bertz CT molecular complexity index is 370. The molecule has 1 aliphatic rings. The monoisotopic (exact) mass is 234 g/mol. The van der Waals surface area contributed by atoms with Crippen molar-refractivity contribution in [3.8, 4) is 0 Å². The largest absolute Gasteiger partial charge is 0.357 e. The van der Waals surface area contributed by atoms with Crippen LogP contribution in [0.15, 0.2) is 6.20 Å². The molecule has 1 saturated heterocycles. The number of nitrogens with one attached hydrogen (secondary N) is 1. The van der Waals surface area contributed by atoms with Gasteiger partial charge >= 0.3 is 0 Å². The Labute approximate surface area is 103 Å². The maximum absolute atomic E-state index is 4.57. The molecular formula is C13H22N4. The molecule has 94 valence electrons. The molecule has 0 spiro atoms. The lowest BCUT2D eigenvalue weighted by Gasteiger charge is -2.33. The number of hydrogen-bond acceptors (Lipinski definition) is 4.